The molecule has 1 amide bonds. The van der Waals surface area contributed by atoms with Crippen LogP contribution in [0.25, 0.3) is 11.0 Å². The largest absolute Gasteiger partial charge is 0.504 e. The van der Waals surface area contributed by atoms with Crippen molar-refractivity contribution in [3.05, 3.63) is 23.4 Å². The Morgan fingerprint density at radius 2 is 2.20 bits per heavy atom. The van der Waals surface area contributed by atoms with E-state index in [0.29, 0.717) is 26.9 Å². The first-order valence-corrected chi connectivity index (χ1v) is 9.24. The molecule has 11 heteroatoms. The highest BCUT2D eigenvalue weighted by molar-refractivity contribution is 7.98. The number of halogens is 1. The second kappa shape index (κ2) is 7.30. The van der Waals surface area contributed by atoms with Gasteiger partial charge >= 0.3 is 0 Å². The number of carbonyl (C=O) groups is 1. The van der Waals surface area contributed by atoms with E-state index in [2.05, 4.69) is 29.9 Å². The lowest BCUT2D eigenvalue weighted by atomic mass is 10.2. The Morgan fingerprint density at radius 3 is 2.92 bits per heavy atom. The summed E-state index contributed by atoms with van der Waals surface area (Å²) in [5.74, 6) is -0.562. The van der Waals surface area contributed by atoms with E-state index in [0.717, 1.165) is 11.5 Å². The van der Waals surface area contributed by atoms with Crippen molar-refractivity contribution in [3.63, 3.8) is 0 Å². The molecule has 0 saturated heterocycles. The third kappa shape index (κ3) is 3.86. The molecule has 0 aliphatic carbocycles. The maximum atomic E-state index is 11.2. The molecule has 128 valence electrons. The Morgan fingerprint density at radius 1 is 1.40 bits per heavy atom. The second-order valence-electron chi connectivity index (χ2n) is 4.79. The van der Waals surface area contributed by atoms with Gasteiger partial charge < -0.3 is 10.4 Å². The zero-order chi connectivity index (χ0) is 18.0. The summed E-state index contributed by atoms with van der Waals surface area (Å²) in [7, 11) is 0. The highest BCUT2D eigenvalue weighted by Gasteiger charge is 2.11. The number of phenols is 1. The molecular weight excluding hydrogens is 384 g/mol. The summed E-state index contributed by atoms with van der Waals surface area (Å²) in [6.07, 6.45) is 3.54. The van der Waals surface area contributed by atoms with E-state index in [1.807, 2.05) is 6.26 Å². The summed E-state index contributed by atoms with van der Waals surface area (Å²) in [6.45, 7) is 1.33. The number of aromatic nitrogens is 3. The quantitative estimate of drug-likeness (QED) is 0.290. The van der Waals surface area contributed by atoms with Crippen LogP contribution in [0.2, 0.25) is 5.02 Å². The number of aromatic hydroxyl groups is 1. The zero-order valence-electron chi connectivity index (χ0n) is 13.0. The van der Waals surface area contributed by atoms with Crippen LogP contribution >= 0.6 is 34.9 Å². The molecule has 25 heavy (non-hydrogen) atoms. The fourth-order valence-electron chi connectivity index (χ4n) is 1.91. The summed E-state index contributed by atoms with van der Waals surface area (Å²) < 4.78 is 4.23. The summed E-state index contributed by atoms with van der Waals surface area (Å²) in [4.78, 5) is 19.7. The number of phenolic OH excluding ortho intramolecular Hbond substituents is 1. The van der Waals surface area contributed by atoms with E-state index in [9.17, 15) is 9.90 Å². The van der Waals surface area contributed by atoms with Crippen LogP contribution in [0.1, 0.15) is 6.92 Å². The van der Waals surface area contributed by atoms with E-state index in [1.54, 1.807) is 6.20 Å². The van der Waals surface area contributed by atoms with E-state index >= 15 is 0 Å². The molecular formula is C14H11ClN6O2S2. The Balaban J connectivity index is 1.94. The van der Waals surface area contributed by atoms with Gasteiger partial charge in [0.15, 0.2) is 21.6 Å². The predicted molar refractivity (Wildman–Crippen MR) is 98.6 cm³/mol. The van der Waals surface area contributed by atoms with E-state index < -0.39 is 0 Å². The summed E-state index contributed by atoms with van der Waals surface area (Å²) in [5, 5.41) is 22.5. The highest BCUT2D eigenvalue weighted by Crippen LogP contribution is 2.37. The molecule has 0 saturated carbocycles. The molecule has 3 aromatic rings. The van der Waals surface area contributed by atoms with Gasteiger partial charge in [-0.05, 0) is 29.9 Å². The van der Waals surface area contributed by atoms with Crippen molar-refractivity contribution in [1.82, 2.24) is 14.3 Å². The number of benzene rings is 1. The van der Waals surface area contributed by atoms with Crippen LogP contribution in [0.15, 0.2) is 33.7 Å². The van der Waals surface area contributed by atoms with Gasteiger partial charge in [-0.15, -0.1) is 10.2 Å². The molecule has 2 aromatic heterocycles. The average molecular weight is 395 g/mol. The number of anilines is 1. The van der Waals surface area contributed by atoms with Gasteiger partial charge in [0, 0.05) is 13.1 Å². The number of hydrogen-bond acceptors (Lipinski definition) is 9. The van der Waals surface area contributed by atoms with Crippen molar-refractivity contribution in [2.45, 2.75) is 12.1 Å². The van der Waals surface area contributed by atoms with Crippen molar-refractivity contribution in [3.8, 4) is 5.75 Å². The standard InChI is InChI=1S/C14H11ClN6O2S2/c1-6(22)17-10-4-7(3-9(15)11(10)23)19-20-13-8-5-16-14(24-2)18-12(8)21-25-13/h3-5,23H,1-2H3,(H,17,22)/b20-19+. The van der Waals surface area contributed by atoms with Gasteiger partial charge in [-0.1, -0.05) is 23.4 Å². The Bertz CT molecular complexity index is 991. The smallest absolute Gasteiger partial charge is 0.221 e. The van der Waals surface area contributed by atoms with E-state index in [-0.39, 0.29) is 22.4 Å². The van der Waals surface area contributed by atoms with Crippen LogP contribution in [0, 0.1) is 0 Å². The van der Waals surface area contributed by atoms with Gasteiger partial charge in [0.25, 0.3) is 0 Å². The minimum atomic E-state index is -0.337. The van der Waals surface area contributed by atoms with Gasteiger partial charge in [-0.2, -0.15) is 4.37 Å². The maximum Gasteiger partial charge on any atom is 0.221 e. The molecule has 0 radical (unpaired) electrons. The minimum Gasteiger partial charge on any atom is -0.504 e. The number of amides is 1. The van der Waals surface area contributed by atoms with Crippen molar-refractivity contribution in [2.75, 3.05) is 11.6 Å². The summed E-state index contributed by atoms with van der Waals surface area (Å²) in [6, 6.07) is 2.91. The van der Waals surface area contributed by atoms with Gasteiger partial charge in [0.2, 0.25) is 5.91 Å². The topological polar surface area (TPSA) is 113 Å². The third-order valence-corrected chi connectivity index (χ3v) is 4.58. The summed E-state index contributed by atoms with van der Waals surface area (Å²) in [5.41, 5.74) is 1.09. The number of nitrogens with zero attached hydrogens (tertiary/aromatic N) is 5. The van der Waals surface area contributed by atoms with E-state index in [4.69, 9.17) is 11.6 Å². The number of carbonyl (C=O) groups excluding carboxylic acids is 1. The number of azo groups is 1. The molecule has 0 fully saturated rings. The Labute approximate surface area is 155 Å². The monoisotopic (exact) mass is 394 g/mol. The number of nitrogens with one attached hydrogen (secondary N) is 1. The number of fused-ring (bicyclic) bond motifs is 1. The van der Waals surface area contributed by atoms with Crippen molar-refractivity contribution in [2.24, 2.45) is 10.2 Å². The lowest BCUT2D eigenvalue weighted by molar-refractivity contribution is -0.114. The molecule has 3 rings (SSSR count). The molecule has 0 atom stereocenters. The fraction of sp³-hybridized carbons (Fsp3) is 0.143. The maximum absolute atomic E-state index is 11.2. The Kier molecular flexibility index (Phi) is 5.11. The van der Waals surface area contributed by atoms with Gasteiger partial charge in [0.1, 0.15) is 0 Å². The van der Waals surface area contributed by atoms with E-state index in [1.165, 1.54) is 30.8 Å². The molecule has 8 nitrogen and oxygen atoms in total. The molecule has 0 aliphatic heterocycles. The van der Waals surface area contributed by atoms with Gasteiger partial charge in [-0.25, -0.2) is 9.97 Å². The third-order valence-electron chi connectivity index (χ3n) is 2.99. The van der Waals surface area contributed by atoms with Crippen LogP contribution < -0.4 is 5.32 Å². The number of rotatable bonds is 4. The van der Waals surface area contributed by atoms with Crippen molar-refractivity contribution >= 4 is 68.2 Å². The first kappa shape index (κ1) is 17.5. The van der Waals surface area contributed by atoms with Crippen LogP contribution in [0.4, 0.5) is 16.4 Å². The number of thioether (sulfide) groups is 1. The van der Waals surface area contributed by atoms with Gasteiger partial charge in [0.05, 0.1) is 21.8 Å². The first-order chi connectivity index (χ1) is 12.0. The lowest BCUT2D eigenvalue weighted by Crippen LogP contribution is -2.05. The molecule has 0 unspecified atom stereocenters. The second-order valence-corrected chi connectivity index (χ2v) is 6.72. The average Bonchev–Trinajstić information content (AvgIpc) is 2.99. The van der Waals surface area contributed by atoms with Crippen LogP contribution in [0.5, 0.6) is 5.75 Å². The first-order valence-electron chi connectivity index (χ1n) is 6.86. The highest BCUT2D eigenvalue weighted by atomic mass is 35.5. The van der Waals surface area contributed by atoms with Crippen LogP contribution in [0.3, 0.4) is 0 Å². The SMILES string of the molecule is CSc1ncc2c(/N=N/c3cc(Cl)c(O)c(NC(C)=O)c3)snc2n1. The molecule has 0 aliphatic rings. The number of hydrogen-bond donors (Lipinski definition) is 2. The molecule has 0 bridgehead atoms. The van der Waals surface area contributed by atoms with Crippen molar-refractivity contribution in [1.29, 1.82) is 0 Å². The van der Waals surface area contributed by atoms with Crippen molar-refractivity contribution < 1.29 is 9.90 Å². The minimum absolute atomic E-state index is 0.0577. The summed E-state index contributed by atoms with van der Waals surface area (Å²) >= 11 is 8.53. The lowest BCUT2D eigenvalue weighted by Gasteiger charge is -2.07. The van der Waals surface area contributed by atoms with Crippen LogP contribution in [-0.2, 0) is 4.79 Å². The molecule has 1 aromatic carbocycles. The fourth-order valence-corrected chi connectivity index (χ4v) is 3.10. The Hall–Kier alpha value is -2.30. The molecule has 0 spiro atoms. The zero-order valence-corrected chi connectivity index (χ0v) is 15.4. The predicted octanol–water partition coefficient (Wildman–Crippen LogP) is 4.54. The van der Waals surface area contributed by atoms with Crippen LogP contribution in [-0.4, -0.2) is 31.6 Å². The normalized spacial score (nSPS) is 11.3. The van der Waals surface area contributed by atoms with Gasteiger partial charge in [-0.3, -0.25) is 4.79 Å². The molecule has 2 heterocycles. The molecule has 2 N–H and O–H groups in total.